The second-order valence-electron chi connectivity index (χ2n) is 3.94. The van der Waals surface area contributed by atoms with Gasteiger partial charge in [-0.05, 0) is 24.7 Å². The van der Waals surface area contributed by atoms with Crippen molar-refractivity contribution in [3.63, 3.8) is 0 Å². The Kier molecular flexibility index (Phi) is 4.09. The molecule has 0 aliphatic rings. The Morgan fingerprint density at radius 1 is 1.33 bits per heavy atom. The van der Waals surface area contributed by atoms with Crippen LogP contribution in [-0.4, -0.2) is 22.7 Å². The summed E-state index contributed by atoms with van der Waals surface area (Å²) in [5.74, 6) is -0.0812. The van der Waals surface area contributed by atoms with E-state index in [4.69, 9.17) is 0 Å². The van der Waals surface area contributed by atoms with Gasteiger partial charge in [-0.25, -0.2) is 0 Å². The predicted octanol–water partition coefficient (Wildman–Crippen LogP) is 1.24. The zero-order valence-corrected chi connectivity index (χ0v) is 10.3. The van der Waals surface area contributed by atoms with E-state index >= 15 is 0 Å². The Balaban J connectivity index is 2.02. The smallest absolute Gasteiger partial charge is 0.246 e. The first kappa shape index (κ1) is 12.3. The molecule has 1 heterocycles. The fourth-order valence-electron chi connectivity index (χ4n) is 1.72. The lowest BCUT2D eigenvalue weighted by Gasteiger charge is -2.10. The Morgan fingerprint density at radius 3 is 2.89 bits per heavy atom. The summed E-state index contributed by atoms with van der Waals surface area (Å²) in [6.07, 6.45) is 3.42. The number of benzene rings is 1. The second-order valence-corrected chi connectivity index (χ2v) is 3.94. The van der Waals surface area contributed by atoms with Crippen molar-refractivity contribution < 1.29 is 4.79 Å². The first-order chi connectivity index (χ1) is 8.79. The number of nitrogens with zero attached hydrogens (tertiary/aromatic N) is 2. The molecule has 5 heteroatoms. The van der Waals surface area contributed by atoms with Crippen LogP contribution in [0.2, 0.25) is 0 Å². The number of para-hydroxylation sites is 1. The van der Waals surface area contributed by atoms with Gasteiger partial charge in [0.05, 0.1) is 0 Å². The van der Waals surface area contributed by atoms with Crippen LogP contribution < -0.4 is 10.6 Å². The minimum atomic E-state index is -0.0812. The molecule has 0 aliphatic heterocycles. The van der Waals surface area contributed by atoms with Gasteiger partial charge in [0, 0.05) is 24.6 Å². The van der Waals surface area contributed by atoms with Gasteiger partial charge in [0.2, 0.25) is 5.91 Å². The van der Waals surface area contributed by atoms with Crippen molar-refractivity contribution in [3.8, 4) is 0 Å². The van der Waals surface area contributed by atoms with Gasteiger partial charge in [0.15, 0.2) is 0 Å². The molecule has 1 amide bonds. The maximum Gasteiger partial charge on any atom is 0.246 e. The van der Waals surface area contributed by atoms with Crippen LogP contribution in [0, 0.1) is 0 Å². The summed E-state index contributed by atoms with van der Waals surface area (Å²) in [5, 5.41) is 9.97. The minimum Gasteiger partial charge on any atom is -0.324 e. The summed E-state index contributed by atoms with van der Waals surface area (Å²) in [6, 6.07) is 9.54. The van der Waals surface area contributed by atoms with Crippen LogP contribution in [0.1, 0.15) is 5.56 Å². The van der Waals surface area contributed by atoms with E-state index in [0.29, 0.717) is 0 Å². The number of rotatable bonds is 5. The SMILES string of the molecule is CNCc1ccccc1NC(=O)Cn1cccn1. The van der Waals surface area contributed by atoms with E-state index in [1.54, 1.807) is 23.1 Å². The normalized spacial score (nSPS) is 10.3. The Labute approximate surface area is 106 Å². The molecule has 0 spiro atoms. The minimum absolute atomic E-state index is 0.0812. The standard InChI is InChI=1S/C13H16N4O/c1-14-9-11-5-2-3-6-12(11)16-13(18)10-17-8-4-7-15-17/h2-8,14H,9-10H2,1H3,(H,16,18). The Hall–Kier alpha value is -2.14. The van der Waals surface area contributed by atoms with Crippen LogP contribution in [0.4, 0.5) is 5.69 Å². The lowest BCUT2D eigenvalue weighted by atomic mass is 10.2. The van der Waals surface area contributed by atoms with Crippen molar-refractivity contribution in [2.75, 3.05) is 12.4 Å². The molecule has 0 fully saturated rings. The van der Waals surface area contributed by atoms with Crippen LogP contribution >= 0.6 is 0 Å². The van der Waals surface area contributed by atoms with Crippen molar-refractivity contribution in [1.29, 1.82) is 0 Å². The third-order valence-corrected chi connectivity index (χ3v) is 2.52. The van der Waals surface area contributed by atoms with Crippen molar-refractivity contribution in [2.45, 2.75) is 13.1 Å². The van der Waals surface area contributed by atoms with Gasteiger partial charge in [-0.2, -0.15) is 5.10 Å². The van der Waals surface area contributed by atoms with E-state index in [9.17, 15) is 4.79 Å². The lowest BCUT2D eigenvalue weighted by Crippen LogP contribution is -2.20. The first-order valence-electron chi connectivity index (χ1n) is 5.79. The molecule has 0 unspecified atom stereocenters. The van der Waals surface area contributed by atoms with Gasteiger partial charge in [0.25, 0.3) is 0 Å². The molecule has 0 saturated carbocycles. The molecule has 1 aromatic carbocycles. The monoisotopic (exact) mass is 244 g/mol. The fourth-order valence-corrected chi connectivity index (χ4v) is 1.72. The molecule has 2 N–H and O–H groups in total. The van der Waals surface area contributed by atoms with Gasteiger partial charge < -0.3 is 10.6 Å². The van der Waals surface area contributed by atoms with Crippen LogP contribution in [0.3, 0.4) is 0 Å². The first-order valence-corrected chi connectivity index (χ1v) is 5.79. The quantitative estimate of drug-likeness (QED) is 0.832. The van der Waals surface area contributed by atoms with Crippen LogP contribution in [0.25, 0.3) is 0 Å². The topological polar surface area (TPSA) is 58.9 Å². The molecule has 0 saturated heterocycles. The zero-order valence-electron chi connectivity index (χ0n) is 10.3. The molecule has 1 aromatic heterocycles. The number of nitrogens with one attached hydrogen (secondary N) is 2. The lowest BCUT2D eigenvalue weighted by molar-refractivity contribution is -0.116. The van der Waals surface area contributed by atoms with E-state index < -0.39 is 0 Å². The molecule has 94 valence electrons. The molecular weight excluding hydrogens is 228 g/mol. The maximum absolute atomic E-state index is 11.8. The number of carbonyl (C=O) groups is 1. The third kappa shape index (κ3) is 3.18. The summed E-state index contributed by atoms with van der Waals surface area (Å²) in [5.41, 5.74) is 1.90. The highest BCUT2D eigenvalue weighted by atomic mass is 16.2. The highest BCUT2D eigenvalue weighted by Gasteiger charge is 2.06. The molecule has 0 atom stereocenters. The van der Waals surface area contributed by atoms with Gasteiger partial charge in [-0.15, -0.1) is 0 Å². The number of anilines is 1. The third-order valence-electron chi connectivity index (χ3n) is 2.52. The molecular formula is C13H16N4O. The van der Waals surface area contributed by atoms with E-state index in [-0.39, 0.29) is 12.5 Å². The molecule has 5 nitrogen and oxygen atoms in total. The van der Waals surface area contributed by atoms with Crippen LogP contribution in [0.5, 0.6) is 0 Å². The summed E-state index contributed by atoms with van der Waals surface area (Å²) in [7, 11) is 1.88. The van der Waals surface area contributed by atoms with E-state index in [0.717, 1.165) is 17.8 Å². The van der Waals surface area contributed by atoms with Gasteiger partial charge in [-0.1, -0.05) is 18.2 Å². The summed E-state index contributed by atoms with van der Waals surface area (Å²) >= 11 is 0. The van der Waals surface area contributed by atoms with Crippen molar-refractivity contribution in [3.05, 3.63) is 48.3 Å². The van der Waals surface area contributed by atoms with Crippen molar-refractivity contribution in [2.24, 2.45) is 0 Å². The highest BCUT2D eigenvalue weighted by Crippen LogP contribution is 2.14. The highest BCUT2D eigenvalue weighted by molar-refractivity contribution is 5.91. The van der Waals surface area contributed by atoms with Crippen LogP contribution in [0.15, 0.2) is 42.7 Å². The summed E-state index contributed by atoms with van der Waals surface area (Å²) < 4.78 is 1.59. The average molecular weight is 244 g/mol. The Bertz CT molecular complexity index is 507. The molecule has 0 radical (unpaired) electrons. The molecule has 0 bridgehead atoms. The van der Waals surface area contributed by atoms with E-state index in [1.807, 2.05) is 31.3 Å². The number of hydrogen-bond donors (Lipinski definition) is 2. The number of amides is 1. The van der Waals surface area contributed by atoms with E-state index in [1.165, 1.54) is 0 Å². The molecule has 0 aliphatic carbocycles. The largest absolute Gasteiger partial charge is 0.324 e. The zero-order chi connectivity index (χ0) is 12.8. The summed E-state index contributed by atoms with van der Waals surface area (Å²) in [6.45, 7) is 0.944. The van der Waals surface area contributed by atoms with Crippen LogP contribution in [-0.2, 0) is 17.9 Å². The van der Waals surface area contributed by atoms with Crippen molar-refractivity contribution >= 4 is 11.6 Å². The summed E-state index contributed by atoms with van der Waals surface area (Å²) in [4.78, 5) is 11.8. The molecule has 18 heavy (non-hydrogen) atoms. The Morgan fingerprint density at radius 2 is 2.17 bits per heavy atom. The van der Waals surface area contributed by atoms with Gasteiger partial charge in [-0.3, -0.25) is 9.48 Å². The number of hydrogen-bond acceptors (Lipinski definition) is 3. The average Bonchev–Trinajstić information content (AvgIpc) is 2.84. The predicted molar refractivity (Wildman–Crippen MR) is 70.1 cm³/mol. The second kappa shape index (κ2) is 5.97. The van der Waals surface area contributed by atoms with Crippen molar-refractivity contribution in [1.82, 2.24) is 15.1 Å². The number of aromatic nitrogens is 2. The fraction of sp³-hybridized carbons (Fsp3) is 0.231. The van der Waals surface area contributed by atoms with Gasteiger partial charge >= 0.3 is 0 Å². The molecule has 2 aromatic rings. The van der Waals surface area contributed by atoms with Gasteiger partial charge in [0.1, 0.15) is 6.54 Å². The van der Waals surface area contributed by atoms with E-state index in [2.05, 4.69) is 15.7 Å². The molecule has 2 rings (SSSR count). The maximum atomic E-state index is 11.8. The number of carbonyl (C=O) groups excluding carboxylic acids is 1.